The monoisotopic (exact) mass is 911 g/mol. The van der Waals surface area contributed by atoms with Gasteiger partial charge in [-0.15, -0.1) is 0 Å². The van der Waals surface area contributed by atoms with E-state index < -0.39 is 0 Å². The minimum absolute atomic E-state index is 1.01. The standard InChI is InChI=1S/C60H104N2.Ni/c1-7-13-15-17-19-20-21-22-23-24-25-26-27-28-29-30-31-32-33-34-35-36-37-38-39-40-42-44-46-60(62-58-51-55(11-5)48-56(12-6)52-58)59(45-43-41-18-16-14-8-2)61-57-49-53(9-3)47-54(10-4)50-57;/h47-52H,7-46H2,1-6H3;/q;+1. The molecule has 0 saturated carbocycles. The molecule has 0 bridgehead atoms. The molecule has 0 aliphatic carbocycles. The van der Waals surface area contributed by atoms with Crippen LogP contribution in [0.25, 0.3) is 0 Å². The second kappa shape index (κ2) is 40.5. The number of unbranched alkanes of at least 4 members (excludes halogenated alkanes) is 32. The van der Waals surface area contributed by atoms with Gasteiger partial charge in [0.1, 0.15) is 0 Å². The Morgan fingerprint density at radius 1 is 0.349 bits per heavy atom. The van der Waals surface area contributed by atoms with Gasteiger partial charge in [0, 0.05) is 0 Å². The topological polar surface area (TPSA) is 15.4 Å². The van der Waals surface area contributed by atoms with Crippen molar-refractivity contribution in [3.05, 3.63) is 58.7 Å². The Kier molecular flexibility index (Phi) is 36.9. The van der Waals surface area contributed by atoms with Crippen molar-refractivity contribution in [3.8, 4) is 0 Å². The molecule has 0 amide bonds. The van der Waals surface area contributed by atoms with E-state index in [1.807, 2.05) is 0 Å². The second-order valence-corrected chi connectivity index (χ2v) is 19.9. The zero-order valence-electron chi connectivity index (χ0n) is 43.0. The molecule has 363 valence electrons. The average molecular weight is 912 g/mol. The van der Waals surface area contributed by atoms with Crippen LogP contribution >= 0.6 is 0 Å². The number of rotatable bonds is 43. The summed E-state index contributed by atoms with van der Waals surface area (Å²) in [7, 11) is 0. The third-order valence-corrected chi connectivity index (χ3v) is 14.3. The van der Waals surface area contributed by atoms with Crippen LogP contribution in [0.1, 0.15) is 295 Å². The third kappa shape index (κ3) is 28.8. The number of aliphatic imine (C=N–C) groups is 1. The van der Waals surface area contributed by atoms with Gasteiger partial charge < -0.3 is 0 Å². The molecule has 2 nitrogen and oxygen atoms in total. The van der Waals surface area contributed by atoms with E-state index >= 15 is 0 Å². The average Bonchev–Trinajstić information content (AvgIpc) is 3.31. The summed E-state index contributed by atoms with van der Waals surface area (Å²) >= 11 is 6.02. The summed E-state index contributed by atoms with van der Waals surface area (Å²) in [5.41, 5.74) is 10.3. The zero-order chi connectivity index (χ0) is 45.4. The quantitative estimate of drug-likeness (QED) is 0.0358. The molecular formula is C60H104N2Ni+. The van der Waals surface area contributed by atoms with Gasteiger partial charge in [0.15, 0.2) is 0 Å². The first-order valence-corrected chi connectivity index (χ1v) is 28.6. The van der Waals surface area contributed by atoms with E-state index in [0.29, 0.717) is 0 Å². The number of benzene rings is 2. The Labute approximate surface area is 402 Å². The predicted molar refractivity (Wildman–Crippen MR) is 280 cm³/mol. The fraction of sp³-hybridized carbons (Fsp3) is 0.767. The van der Waals surface area contributed by atoms with Gasteiger partial charge in [0.05, 0.1) is 0 Å². The molecule has 3 heteroatoms. The Hall–Kier alpha value is -1.73. The number of aryl methyl sites for hydroxylation is 4. The van der Waals surface area contributed by atoms with Gasteiger partial charge in [-0.25, -0.2) is 0 Å². The molecule has 2 aromatic rings. The minimum atomic E-state index is 1.01. The molecule has 0 fully saturated rings. The van der Waals surface area contributed by atoms with Gasteiger partial charge in [0.25, 0.3) is 0 Å². The fourth-order valence-corrected chi connectivity index (χ4v) is 9.79. The van der Waals surface area contributed by atoms with Crippen LogP contribution in [-0.2, 0) is 41.4 Å². The maximum absolute atomic E-state index is 6.02. The summed E-state index contributed by atoms with van der Waals surface area (Å²) < 4.78 is 2.17. The van der Waals surface area contributed by atoms with Gasteiger partial charge in [-0.1, -0.05) is 129 Å². The van der Waals surface area contributed by atoms with Crippen LogP contribution in [0.4, 0.5) is 11.4 Å². The molecule has 2 aromatic carbocycles. The van der Waals surface area contributed by atoms with Gasteiger partial charge in [0.2, 0.25) is 0 Å². The summed E-state index contributed by atoms with van der Waals surface area (Å²) in [6.45, 7) is 13.7. The van der Waals surface area contributed by atoms with Crippen molar-refractivity contribution in [1.29, 1.82) is 0 Å². The first-order valence-electron chi connectivity index (χ1n) is 28.1. The van der Waals surface area contributed by atoms with Gasteiger partial charge in [-0.05, 0) is 0 Å². The SMILES string of the molecule is CCCCCCCCCCCCCCCCCCCCCCCCCCCCCCC(C(CCCCCCCC)=Nc1cc(CC)cc(CC)c1)=[N+]([Ni])c1cc(CC)cc(CC)c1. The normalized spacial score (nSPS) is 12.4. The van der Waals surface area contributed by atoms with Crippen molar-refractivity contribution in [3.63, 3.8) is 0 Å². The summed E-state index contributed by atoms with van der Waals surface area (Å²) in [6.07, 6.45) is 54.0. The molecule has 2 rings (SSSR count). The van der Waals surface area contributed by atoms with Crippen molar-refractivity contribution < 1.29 is 19.3 Å². The maximum atomic E-state index is 6.02. The molecule has 0 saturated heterocycles. The van der Waals surface area contributed by atoms with Crippen LogP contribution in [-0.4, -0.2) is 15.1 Å². The predicted octanol–water partition coefficient (Wildman–Crippen LogP) is 20.3. The molecular weight excluding hydrogens is 807 g/mol. The van der Waals surface area contributed by atoms with Crippen molar-refractivity contribution in [2.75, 3.05) is 0 Å². The molecule has 0 spiro atoms. The van der Waals surface area contributed by atoms with Gasteiger partial charge in [-0.3, -0.25) is 0 Å². The molecule has 0 aliphatic rings. The summed E-state index contributed by atoms with van der Waals surface area (Å²) in [5.74, 6) is 0. The van der Waals surface area contributed by atoms with E-state index in [4.69, 9.17) is 20.7 Å². The molecule has 0 N–H and O–H groups in total. The molecule has 0 heterocycles. The van der Waals surface area contributed by atoms with Crippen molar-refractivity contribution in [2.24, 2.45) is 4.99 Å². The molecule has 0 unspecified atom stereocenters. The van der Waals surface area contributed by atoms with Gasteiger partial charge >= 0.3 is 275 Å². The Balaban J connectivity index is 1.76. The first kappa shape index (κ1) is 57.4. The molecule has 0 radical (unpaired) electrons. The van der Waals surface area contributed by atoms with Crippen molar-refractivity contribution in [2.45, 2.75) is 298 Å². The molecule has 63 heavy (non-hydrogen) atoms. The van der Waals surface area contributed by atoms with E-state index in [1.54, 1.807) is 0 Å². The van der Waals surface area contributed by atoms with E-state index in [9.17, 15) is 0 Å². The van der Waals surface area contributed by atoms with E-state index in [0.717, 1.165) is 44.2 Å². The van der Waals surface area contributed by atoms with Crippen LogP contribution in [0.15, 0.2) is 41.4 Å². The van der Waals surface area contributed by atoms with Crippen LogP contribution in [0, 0.1) is 0 Å². The first-order chi connectivity index (χ1) is 31.0. The van der Waals surface area contributed by atoms with E-state index in [-0.39, 0.29) is 0 Å². The molecule has 0 aliphatic heterocycles. The number of hydrogen-bond donors (Lipinski definition) is 0. The number of hydrogen-bond acceptors (Lipinski definition) is 1. The van der Waals surface area contributed by atoms with E-state index in [2.05, 4.69) is 81.6 Å². The van der Waals surface area contributed by atoms with E-state index in [1.165, 1.54) is 258 Å². The van der Waals surface area contributed by atoms with Crippen molar-refractivity contribution in [1.82, 2.24) is 0 Å². The zero-order valence-corrected chi connectivity index (χ0v) is 43.9. The van der Waals surface area contributed by atoms with Crippen LogP contribution < -0.4 is 0 Å². The second-order valence-electron chi connectivity index (χ2n) is 19.5. The van der Waals surface area contributed by atoms with Gasteiger partial charge in [-0.2, -0.15) is 0 Å². The Bertz CT molecular complexity index is 1390. The van der Waals surface area contributed by atoms with Crippen LogP contribution in [0.5, 0.6) is 0 Å². The van der Waals surface area contributed by atoms with Crippen LogP contribution in [0.3, 0.4) is 0 Å². The number of nitrogens with zero attached hydrogens (tertiary/aromatic N) is 2. The summed E-state index contributed by atoms with van der Waals surface area (Å²) in [6, 6.07) is 14.1. The van der Waals surface area contributed by atoms with Crippen molar-refractivity contribution >= 4 is 22.8 Å². The van der Waals surface area contributed by atoms with Crippen LogP contribution in [0.2, 0.25) is 0 Å². The Morgan fingerprint density at radius 2 is 0.619 bits per heavy atom. The molecule has 0 aromatic heterocycles. The molecule has 0 atom stereocenters. The fourth-order valence-electron chi connectivity index (χ4n) is 9.42. The summed E-state index contributed by atoms with van der Waals surface area (Å²) in [5, 5.41) is 0. The summed E-state index contributed by atoms with van der Waals surface area (Å²) in [4.78, 5) is 5.54. The Morgan fingerprint density at radius 3 is 0.921 bits per heavy atom. The third-order valence-electron chi connectivity index (χ3n) is 13.8.